The number of aryl methyl sites for hydroxylation is 1. The standard InChI is InChI=1S/C15H18O/c1-10-9-11(2)15(10)13-6-4-3-5-12(13)7-8-14(15)16/h3-6,10-11H,7-9H2,1-2H3. The third-order valence-electron chi connectivity index (χ3n) is 4.81. The van der Waals surface area contributed by atoms with Crippen molar-refractivity contribution in [1.82, 2.24) is 0 Å². The van der Waals surface area contributed by atoms with Crippen molar-refractivity contribution in [3.63, 3.8) is 0 Å². The van der Waals surface area contributed by atoms with E-state index in [1.807, 2.05) is 0 Å². The molecule has 0 bridgehead atoms. The molecule has 1 aromatic carbocycles. The van der Waals surface area contributed by atoms with Gasteiger partial charge in [-0.15, -0.1) is 0 Å². The molecule has 1 fully saturated rings. The quantitative estimate of drug-likeness (QED) is 0.648. The van der Waals surface area contributed by atoms with Gasteiger partial charge in [0.2, 0.25) is 0 Å². The van der Waals surface area contributed by atoms with E-state index in [-0.39, 0.29) is 5.41 Å². The van der Waals surface area contributed by atoms with Gasteiger partial charge in [-0.1, -0.05) is 38.1 Å². The molecule has 1 nitrogen and oxygen atoms in total. The first kappa shape index (κ1) is 10.1. The highest BCUT2D eigenvalue weighted by Crippen LogP contribution is 2.56. The Balaban J connectivity index is 2.21. The van der Waals surface area contributed by atoms with E-state index in [4.69, 9.17) is 0 Å². The molecule has 84 valence electrons. The fourth-order valence-corrected chi connectivity index (χ4v) is 4.06. The van der Waals surface area contributed by atoms with E-state index >= 15 is 0 Å². The van der Waals surface area contributed by atoms with Crippen LogP contribution in [0.3, 0.4) is 0 Å². The smallest absolute Gasteiger partial charge is 0.144 e. The van der Waals surface area contributed by atoms with Gasteiger partial charge in [0, 0.05) is 6.42 Å². The molecule has 1 heteroatoms. The van der Waals surface area contributed by atoms with Gasteiger partial charge >= 0.3 is 0 Å². The summed E-state index contributed by atoms with van der Waals surface area (Å²) in [4.78, 5) is 12.4. The summed E-state index contributed by atoms with van der Waals surface area (Å²) >= 11 is 0. The number of carbonyl (C=O) groups is 1. The Hall–Kier alpha value is -1.11. The molecule has 1 spiro atoms. The molecule has 0 heterocycles. The first-order valence-corrected chi connectivity index (χ1v) is 6.29. The van der Waals surface area contributed by atoms with Crippen LogP contribution in [0.15, 0.2) is 24.3 Å². The van der Waals surface area contributed by atoms with E-state index in [0.29, 0.717) is 17.6 Å². The van der Waals surface area contributed by atoms with Crippen molar-refractivity contribution in [2.24, 2.45) is 11.8 Å². The lowest BCUT2D eigenvalue weighted by molar-refractivity contribution is -0.136. The summed E-state index contributed by atoms with van der Waals surface area (Å²) < 4.78 is 0. The molecule has 2 aliphatic carbocycles. The summed E-state index contributed by atoms with van der Waals surface area (Å²) in [5.74, 6) is 1.53. The largest absolute Gasteiger partial charge is 0.299 e. The van der Waals surface area contributed by atoms with Crippen LogP contribution in [0.4, 0.5) is 0 Å². The second kappa shape index (κ2) is 3.19. The first-order valence-electron chi connectivity index (χ1n) is 6.29. The van der Waals surface area contributed by atoms with E-state index < -0.39 is 0 Å². The number of rotatable bonds is 0. The van der Waals surface area contributed by atoms with Crippen molar-refractivity contribution in [3.05, 3.63) is 35.4 Å². The van der Waals surface area contributed by atoms with Gasteiger partial charge in [-0.05, 0) is 35.8 Å². The van der Waals surface area contributed by atoms with Gasteiger partial charge in [0.15, 0.2) is 0 Å². The lowest BCUT2D eigenvalue weighted by Gasteiger charge is -2.55. The zero-order valence-electron chi connectivity index (χ0n) is 9.99. The van der Waals surface area contributed by atoms with Crippen LogP contribution in [0.5, 0.6) is 0 Å². The van der Waals surface area contributed by atoms with E-state index in [9.17, 15) is 4.79 Å². The van der Waals surface area contributed by atoms with Crippen molar-refractivity contribution >= 4 is 5.78 Å². The molecule has 2 unspecified atom stereocenters. The van der Waals surface area contributed by atoms with Crippen molar-refractivity contribution in [1.29, 1.82) is 0 Å². The van der Waals surface area contributed by atoms with Crippen molar-refractivity contribution in [2.75, 3.05) is 0 Å². The minimum absolute atomic E-state index is 0.130. The molecule has 1 saturated carbocycles. The summed E-state index contributed by atoms with van der Waals surface area (Å²) in [6, 6.07) is 8.55. The molecule has 16 heavy (non-hydrogen) atoms. The van der Waals surface area contributed by atoms with Gasteiger partial charge in [0.1, 0.15) is 5.78 Å². The molecule has 0 aromatic heterocycles. The minimum Gasteiger partial charge on any atom is -0.299 e. The Morgan fingerprint density at radius 2 is 1.81 bits per heavy atom. The van der Waals surface area contributed by atoms with Crippen LogP contribution in [0, 0.1) is 11.8 Å². The second-order valence-electron chi connectivity index (χ2n) is 5.49. The highest BCUT2D eigenvalue weighted by molar-refractivity contribution is 5.94. The lowest BCUT2D eigenvalue weighted by Crippen LogP contribution is -2.58. The fourth-order valence-electron chi connectivity index (χ4n) is 4.06. The summed E-state index contributed by atoms with van der Waals surface area (Å²) in [6.07, 6.45) is 2.88. The zero-order chi connectivity index (χ0) is 11.3. The van der Waals surface area contributed by atoms with E-state index in [1.54, 1.807) is 0 Å². The number of carbonyl (C=O) groups excluding carboxylic acids is 1. The Labute approximate surface area is 96.9 Å². The van der Waals surface area contributed by atoms with Gasteiger partial charge in [-0.3, -0.25) is 4.79 Å². The predicted octanol–water partition coefficient (Wildman–Crippen LogP) is 3.12. The van der Waals surface area contributed by atoms with Crippen LogP contribution in [-0.2, 0) is 16.6 Å². The lowest BCUT2D eigenvalue weighted by atomic mass is 9.47. The van der Waals surface area contributed by atoms with Gasteiger partial charge < -0.3 is 0 Å². The van der Waals surface area contributed by atoms with Crippen molar-refractivity contribution in [2.45, 2.75) is 38.5 Å². The Bertz CT molecular complexity index is 439. The molecular formula is C15H18O. The van der Waals surface area contributed by atoms with Crippen molar-refractivity contribution < 1.29 is 4.79 Å². The zero-order valence-corrected chi connectivity index (χ0v) is 9.99. The summed E-state index contributed by atoms with van der Waals surface area (Å²) in [6.45, 7) is 4.47. The van der Waals surface area contributed by atoms with Gasteiger partial charge in [-0.2, -0.15) is 0 Å². The first-order chi connectivity index (χ1) is 7.67. The maximum absolute atomic E-state index is 12.4. The molecule has 2 aliphatic rings. The van der Waals surface area contributed by atoms with Gasteiger partial charge in [0.05, 0.1) is 5.41 Å². The number of Topliss-reactive ketones (excluding diaryl/α,β-unsaturated/α-hetero) is 1. The number of hydrogen-bond donors (Lipinski definition) is 0. The van der Waals surface area contributed by atoms with Crippen LogP contribution in [-0.4, -0.2) is 5.78 Å². The number of fused-ring (bicyclic) bond motifs is 2. The van der Waals surface area contributed by atoms with Crippen LogP contribution < -0.4 is 0 Å². The molecule has 2 atom stereocenters. The van der Waals surface area contributed by atoms with Gasteiger partial charge in [-0.25, -0.2) is 0 Å². The monoisotopic (exact) mass is 214 g/mol. The summed E-state index contributed by atoms with van der Waals surface area (Å²) in [5, 5.41) is 0. The van der Waals surface area contributed by atoms with Gasteiger partial charge in [0.25, 0.3) is 0 Å². The summed E-state index contributed by atoms with van der Waals surface area (Å²) in [7, 11) is 0. The van der Waals surface area contributed by atoms with E-state index in [1.165, 1.54) is 17.5 Å². The average molecular weight is 214 g/mol. The topological polar surface area (TPSA) is 17.1 Å². The van der Waals surface area contributed by atoms with Crippen LogP contribution >= 0.6 is 0 Å². The minimum atomic E-state index is -0.130. The maximum atomic E-state index is 12.4. The van der Waals surface area contributed by atoms with Crippen molar-refractivity contribution in [3.8, 4) is 0 Å². The molecule has 0 aliphatic heterocycles. The molecule has 1 aromatic rings. The Kier molecular flexibility index (Phi) is 2.01. The number of hydrogen-bond acceptors (Lipinski definition) is 1. The highest BCUT2D eigenvalue weighted by Gasteiger charge is 2.57. The molecule has 0 N–H and O–H groups in total. The fraction of sp³-hybridized carbons (Fsp3) is 0.533. The van der Waals surface area contributed by atoms with Crippen LogP contribution in [0.25, 0.3) is 0 Å². The molecule has 0 radical (unpaired) electrons. The van der Waals surface area contributed by atoms with Crippen LogP contribution in [0.2, 0.25) is 0 Å². The number of ketones is 1. The Morgan fingerprint density at radius 1 is 1.12 bits per heavy atom. The Morgan fingerprint density at radius 3 is 2.50 bits per heavy atom. The van der Waals surface area contributed by atoms with E-state index in [0.717, 1.165) is 12.8 Å². The third-order valence-corrected chi connectivity index (χ3v) is 4.81. The molecular weight excluding hydrogens is 196 g/mol. The molecule has 3 rings (SSSR count). The highest BCUT2D eigenvalue weighted by atomic mass is 16.1. The maximum Gasteiger partial charge on any atom is 0.144 e. The second-order valence-corrected chi connectivity index (χ2v) is 5.49. The SMILES string of the molecule is CC1CC(C)C12C(=O)CCc1ccccc12. The average Bonchev–Trinajstić information content (AvgIpc) is 2.28. The normalized spacial score (nSPS) is 37.0. The third kappa shape index (κ3) is 0.991. The predicted molar refractivity (Wildman–Crippen MR) is 64.4 cm³/mol. The molecule has 0 amide bonds. The van der Waals surface area contributed by atoms with Crippen LogP contribution in [0.1, 0.15) is 37.8 Å². The number of benzene rings is 1. The summed E-state index contributed by atoms with van der Waals surface area (Å²) in [5.41, 5.74) is 2.60. The van der Waals surface area contributed by atoms with E-state index in [2.05, 4.69) is 38.1 Å². The molecule has 0 saturated heterocycles.